The Bertz CT molecular complexity index is 1870. The van der Waals surface area contributed by atoms with Crippen molar-refractivity contribution in [1.29, 1.82) is 0 Å². The van der Waals surface area contributed by atoms with Crippen LogP contribution in [0, 0.1) is 5.92 Å². The van der Waals surface area contributed by atoms with Crippen LogP contribution in [0.3, 0.4) is 0 Å². The van der Waals surface area contributed by atoms with Gasteiger partial charge in [-0.05, 0) is 68.7 Å². The third-order valence-electron chi connectivity index (χ3n) is 10.2. The van der Waals surface area contributed by atoms with E-state index in [2.05, 4.69) is 30.8 Å². The van der Waals surface area contributed by atoms with Gasteiger partial charge in [0.1, 0.15) is 33.9 Å². The lowest BCUT2D eigenvalue weighted by Gasteiger charge is -2.37. The highest BCUT2D eigenvalue weighted by atomic mass is 32.2. The summed E-state index contributed by atoms with van der Waals surface area (Å²) < 4.78 is 1.51. The molecule has 4 N–H and O–H groups in total. The Kier molecular flexibility index (Phi) is 10.4. The van der Waals surface area contributed by atoms with Crippen molar-refractivity contribution < 1.29 is 29.1 Å². The molecule has 17 heteroatoms. The predicted molar refractivity (Wildman–Crippen MR) is 188 cm³/mol. The summed E-state index contributed by atoms with van der Waals surface area (Å²) in [5.74, 6) is -2.68. The number of fused-ring (bicyclic) bond motifs is 1. The van der Waals surface area contributed by atoms with Gasteiger partial charge in [0.25, 0.3) is 17.7 Å². The number of benzene rings is 1. The molecule has 3 aromatic rings. The first-order chi connectivity index (χ1) is 24.3. The number of carbonyl (C=O) groups excluding carboxylic acids is 5. The number of aliphatic hydroxyl groups is 1. The van der Waals surface area contributed by atoms with Crippen LogP contribution in [0.25, 0.3) is 11.0 Å². The number of aryl methyl sites for hydroxylation is 1. The normalized spacial score (nSPS) is 21.5. The Hall–Kier alpha value is -4.51. The maximum Gasteiger partial charge on any atom is 0.287 e. The highest BCUT2D eigenvalue weighted by molar-refractivity contribution is 7.99. The lowest BCUT2D eigenvalue weighted by atomic mass is 9.85. The summed E-state index contributed by atoms with van der Waals surface area (Å²) >= 11 is 1.60. The number of hydrogen-bond donors (Lipinski definition) is 3. The molecule has 2 saturated heterocycles. The molecule has 3 fully saturated rings. The Morgan fingerprint density at radius 1 is 1.08 bits per heavy atom. The van der Waals surface area contributed by atoms with Crippen molar-refractivity contribution in [2.75, 3.05) is 18.1 Å². The first-order valence-corrected chi connectivity index (χ1v) is 18.5. The lowest BCUT2D eigenvalue weighted by molar-refractivity contribution is -0.143. The SMILES string of the molecule is Cn1nc2ccc(C(=O)/N=C(\CC3CCCCC3)C(=O)N3C[C@@H](n4nncc4C(C)(C)O)C[C@H]3C(=O)NC3(C(=O)C(N)=O)CCSCC3)cc2n1. The van der Waals surface area contributed by atoms with Crippen LogP contribution in [0.15, 0.2) is 29.4 Å². The molecule has 4 amide bonds. The van der Waals surface area contributed by atoms with Gasteiger partial charge in [-0.3, -0.25) is 24.0 Å². The van der Waals surface area contributed by atoms with Crippen molar-refractivity contribution in [3.8, 4) is 0 Å². The van der Waals surface area contributed by atoms with Crippen LogP contribution in [-0.2, 0) is 31.8 Å². The summed E-state index contributed by atoms with van der Waals surface area (Å²) in [4.78, 5) is 75.2. The van der Waals surface area contributed by atoms with Crippen LogP contribution in [-0.4, -0.2) is 105 Å². The van der Waals surface area contributed by atoms with Crippen LogP contribution in [0.4, 0.5) is 0 Å². The van der Waals surface area contributed by atoms with Gasteiger partial charge in [-0.2, -0.15) is 26.8 Å². The molecule has 0 radical (unpaired) electrons. The predicted octanol–water partition coefficient (Wildman–Crippen LogP) is 1.62. The van der Waals surface area contributed by atoms with E-state index < -0.39 is 52.6 Å². The van der Waals surface area contributed by atoms with Crippen molar-refractivity contribution in [2.24, 2.45) is 23.7 Å². The summed E-state index contributed by atoms with van der Waals surface area (Å²) in [6, 6.07) is 3.12. The molecule has 6 rings (SSSR count). The average molecular weight is 721 g/mol. The molecule has 1 aromatic carbocycles. The molecule has 1 saturated carbocycles. The van der Waals surface area contributed by atoms with Crippen LogP contribution >= 0.6 is 11.8 Å². The lowest BCUT2D eigenvalue weighted by Crippen LogP contribution is -2.63. The number of primary amides is 1. The van der Waals surface area contributed by atoms with Gasteiger partial charge < -0.3 is 21.1 Å². The molecule has 272 valence electrons. The molecule has 2 aliphatic heterocycles. The largest absolute Gasteiger partial charge is 0.384 e. The van der Waals surface area contributed by atoms with Gasteiger partial charge in [-0.15, -0.1) is 5.10 Å². The number of amides is 4. The second-order valence-corrected chi connectivity index (χ2v) is 15.6. The highest BCUT2D eigenvalue weighted by Crippen LogP contribution is 2.35. The van der Waals surface area contributed by atoms with E-state index in [1.807, 2.05) is 0 Å². The Morgan fingerprint density at radius 3 is 2.47 bits per heavy atom. The maximum atomic E-state index is 14.7. The molecule has 2 aromatic heterocycles. The number of aliphatic imine (C=N–C) groups is 1. The third kappa shape index (κ3) is 7.73. The van der Waals surface area contributed by atoms with E-state index in [4.69, 9.17) is 5.73 Å². The molecule has 16 nitrogen and oxygen atoms in total. The number of aromatic nitrogens is 6. The molecule has 1 aliphatic carbocycles. The van der Waals surface area contributed by atoms with Crippen LogP contribution in [0.5, 0.6) is 0 Å². The molecular weight excluding hydrogens is 677 g/mol. The average Bonchev–Trinajstić information content (AvgIpc) is 3.85. The highest BCUT2D eigenvalue weighted by Gasteiger charge is 2.49. The van der Waals surface area contributed by atoms with E-state index in [1.165, 1.54) is 20.6 Å². The molecule has 51 heavy (non-hydrogen) atoms. The Labute approximate surface area is 299 Å². The van der Waals surface area contributed by atoms with E-state index in [-0.39, 0.29) is 49.4 Å². The van der Waals surface area contributed by atoms with E-state index in [0.717, 1.165) is 32.1 Å². The Balaban J connectivity index is 1.37. The van der Waals surface area contributed by atoms with Gasteiger partial charge in [0.15, 0.2) is 0 Å². The topological polar surface area (TPSA) is 221 Å². The standard InChI is InChI=1S/C34H44N10O6S/c1-33(2,50)27-18-36-41-44(27)22-17-26(31(48)38-34(28(45)29(35)46)11-13-51-14-12-34)43(19-22)32(49)25(15-20-7-5-4-6-8-20)37-30(47)21-9-10-23-24(16-21)40-42(3)39-23/h9-10,16,18,20,22,26,50H,4-8,11-15,17,19H2,1-3H3,(H2,35,46)(H,38,48)/b37-25+/t22-,26-/m0/s1. The summed E-state index contributed by atoms with van der Waals surface area (Å²) in [5, 5.41) is 30.5. The maximum absolute atomic E-state index is 14.7. The quantitative estimate of drug-likeness (QED) is 0.202. The summed E-state index contributed by atoms with van der Waals surface area (Å²) in [6.45, 7) is 3.16. The second kappa shape index (κ2) is 14.6. The second-order valence-electron chi connectivity index (χ2n) is 14.3. The van der Waals surface area contributed by atoms with Gasteiger partial charge in [-0.1, -0.05) is 37.3 Å². The number of rotatable bonds is 10. The molecule has 4 heterocycles. The number of nitrogens with one attached hydrogen (secondary N) is 1. The number of Topliss-reactive ketones (excluding diaryl/α,β-unsaturated/α-hetero) is 1. The van der Waals surface area contributed by atoms with Gasteiger partial charge >= 0.3 is 0 Å². The molecule has 3 aliphatic rings. The smallest absolute Gasteiger partial charge is 0.287 e. The van der Waals surface area contributed by atoms with Gasteiger partial charge in [0.05, 0.1) is 17.9 Å². The fourth-order valence-electron chi connectivity index (χ4n) is 7.45. The fourth-order valence-corrected chi connectivity index (χ4v) is 8.64. The summed E-state index contributed by atoms with van der Waals surface area (Å²) in [5.41, 5.74) is 4.39. The van der Waals surface area contributed by atoms with E-state index >= 15 is 0 Å². The molecule has 0 spiro atoms. The van der Waals surface area contributed by atoms with E-state index in [0.29, 0.717) is 28.2 Å². The third-order valence-corrected chi connectivity index (χ3v) is 11.2. The fraction of sp³-hybridized carbons (Fsp3) is 0.588. The van der Waals surface area contributed by atoms with Gasteiger partial charge in [-0.25, -0.2) is 9.67 Å². The van der Waals surface area contributed by atoms with E-state index in [1.54, 1.807) is 50.9 Å². The zero-order chi connectivity index (χ0) is 36.5. The van der Waals surface area contributed by atoms with Crippen LogP contribution in [0.1, 0.15) is 93.7 Å². The minimum Gasteiger partial charge on any atom is -0.384 e. The number of nitrogens with two attached hydrogens (primary N) is 1. The Morgan fingerprint density at radius 2 is 1.78 bits per heavy atom. The molecular formula is C34H44N10O6S. The monoisotopic (exact) mass is 720 g/mol. The first kappa shape index (κ1) is 36.3. The summed E-state index contributed by atoms with van der Waals surface area (Å²) in [6.07, 6.45) is 7.00. The van der Waals surface area contributed by atoms with Crippen molar-refractivity contribution in [3.63, 3.8) is 0 Å². The number of ketones is 1. The van der Waals surface area contributed by atoms with Crippen molar-refractivity contribution in [2.45, 2.75) is 94.9 Å². The number of thioether (sulfide) groups is 1. The first-order valence-electron chi connectivity index (χ1n) is 17.4. The van der Waals surface area contributed by atoms with Crippen LogP contribution < -0.4 is 11.1 Å². The number of hydrogen-bond acceptors (Lipinski definition) is 11. The zero-order valence-electron chi connectivity index (χ0n) is 29.1. The number of carbonyl (C=O) groups is 5. The van der Waals surface area contributed by atoms with Gasteiger partial charge in [0, 0.05) is 25.6 Å². The number of nitrogens with zero attached hydrogens (tertiary/aromatic N) is 8. The van der Waals surface area contributed by atoms with Gasteiger partial charge in [0.2, 0.25) is 11.7 Å². The molecule has 0 unspecified atom stereocenters. The van der Waals surface area contributed by atoms with Crippen molar-refractivity contribution in [3.05, 3.63) is 35.7 Å². The number of likely N-dealkylation sites (tertiary alicyclic amines) is 1. The summed E-state index contributed by atoms with van der Waals surface area (Å²) in [7, 11) is 1.68. The van der Waals surface area contributed by atoms with Crippen LogP contribution in [0.2, 0.25) is 0 Å². The molecule has 0 bridgehead atoms. The minimum absolute atomic E-state index is 0.0145. The van der Waals surface area contributed by atoms with Crippen molar-refractivity contribution in [1.82, 2.24) is 40.2 Å². The molecule has 2 atom stereocenters. The van der Waals surface area contributed by atoms with E-state index in [9.17, 15) is 29.1 Å². The minimum atomic E-state index is -1.50. The van der Waals surface area contributed by atoms with Crippen molar-refractivity contribution >= 4 is 57.9 Å². The zero-order valence-corrected chi connectivity index (χ0v) is 29.9.